The average molecular weight is 353 g/mol. The van der Waals surface area contributed by atoms with Crippen molar-refractivity contribution in [2.45, 2.75) is 89.1 Å². The predicted octanol–water partition coefficient (Wildman–Crippen LogP) is 3.46. The molecular formula is C21H36O4. The summed E-state index contributed by atoms with van der Waals surface area (Å²) < 4.78 is 11.4. The van der Waals surface area contributed by atoms with Crippen molar-refractivity contribution in [3.05, 3.63) is 12.2 Å². The van der Waals surface area contributed by atoms with Crippen molar-refractivity contribution in [3.8, 4) is 0 Å². The molecule has 3 aliphatic rings. The van der Waals surface area contributed by atoms with Gasteiger partial charge in [0.15, 0.2) is 0 Å². The van der Waals surface area contributed by atoms with Gasteiger partial charge in [0.1, 0.15) is 0 Å². The van der Waals surface area contributed by atoms with Crippen LogP contribution < -0.4 is 0 Å². The molecule has 0 amide bonds. The predicted molar refractivity (Wildman–Crippen MR) is 98.3 cm³/mol. The Hall–Kier alpha value is -0.420. The van der Waals surface area contributed by atoms with Crippen LogP contribution in [0.2, 0.25) is 0 Å². The SMILES string of the molecule is CCOCC=C[C@H](O)[C@@H]1[C@@H]2CCC(O2)[C@@H]1CCC(O)C1CCCCC1. The maximum absolute atomic E-state index is 10.7. The zero-order valence-corrected chi connectivity index (χ0v) is 15.7. The minimum atomic E-state index is -0.465. The molecule has 2 bridgehead atoms. The summed E-state index contributed by atoms with van der Waals surface area (Å²) >= 11 is 0. The molecule has 1 saturated carbocycles. The summed E-state index contributed by atoms with van der Waals surface area (Å²) in [6.07, 6.45) is 13.9. The highest BCUT2D eigenvalue weighted by Gasteiger charge is 2.50. The van der Waals surface area contributed by atoms with Crippen molar-refractivity contribution in [2.75, 3.05) is 13.2 Å². The molecular weight excluding hydrogens is 316 g/mol. The van der Waals surface area contributed by atoms with Gasteiger partial charge in [0.2, 0.25) is 0 Å². The molecule has 2 heterocycles. The van der Waals surface area contributed by atoms with E-state index in [1.54, 1.807) is 0 Å². The van der Waals surface area contributed by atoms with Gasteiger partial charge in [0.25, 0.3) is 0 Å². The largest absolute Gasteiger partial charge is 0.393 e. The van der Waals surface area contributed by atoms with Gasteiger partial charge in [-0.15, -0.1) is 0 Å². The highest BCUT2D eigenvalue weighted by atomic mass is 16.5. The number of hydrogen-bond acceptors (Lipinski definition) is 4. The second-order valence-corrected chi connectivity index (χ2v) is 8.15. The fourth-order valence-corrected chi connectivity index (χ4v) is 5.29. The van der Waals surface area contributed by atoms with Gasteiger partial charge in [-0.2, -0.15) is 0 Å². The van der Waals surface area contributed by atoms with E-state index in [1.165, 1.54) is 32.1 Å². The second kappa shape index (κ2) is 9.50. The first-order chi connectivity index (χ1) is 12.2. The van der Waals surface area contributed by atoms with Crippen LogP contribution in [0.4, 0.5) is 0 Å². The monoisotopic (exact) mass is 352 g/mol. The zero-order valence-electron chi connectivity index (χ0n) is 15.7. The van der Waals surface area contributed by atoms with Gasteiger partial charge in [-0.25, -0.2) is 0 Å². The molecule has 2 aliphatic heterocycles. The van der Waals surface area contributed by atoms with Crippen LogP contribution in [0.15, 0.2) is 12.2 Å². The van der Waals surface area contributed by atoms with Crippen molar-refractivity contribution < 1.29 is 19.7 Å². The molecule has 0 spiro atoms. The van der Waals surface area contributed by atoms with Crippen molar-refractivity contribution >= 4 is 0 Å². The smallest absolute Gasteiger partial charge is 0.0778 e. The third kappa shape index (κ3) is 4.85. The first kappa shape index (κ1) is 19.3. The summed E-state index contributed by atoms with van der Waals surface area (Å²) in [6.45, 7) is 3.22. The fraction of sp³-hybridized carbons (Fsp3) is 0.905. The van der Waals surface area contributed by atoms with E-state index in [9.17, 15) is 10.2 Å². The molecule has 25 heavy (non-hydrogen) atoms. The normalized spacial score (nSPS) is 35.5. The molecule has 0 aromatic rings. The third-order valence-corrected chi connectivity index (χ3v) is 6.62. The Bertz CT molecular complexity index is 418. The van der Waals surface area contributed by atoms with Crippen LogP contribution in [0, 0.1) is 17.8 Å². The van der Waals surface area contributed by atoms with E-state index in [4.69, 9.17) is 9.47 Å². The Kier molecular flexibility index (Phi) is 7.35. The maximum Gasteiger partial charge on any atom is 0.0778 e. The molecule has 2 N–H and O–H groups in total. The van der Waals surface area contributed by atoms with Gasteiger partial charge in [-0.1, -0.05) is 31.4 Å². The Labute approximate surface area is 152 Å². The van der Waals surface area contributed by atoms with Crippen LogP contribution in [-0.4, -0.2) is 47.8 Å². The van der Waals surface area contributed by atoms with Gasteiger partial charge < -0.3 is 19.7 Å². The van der Waals surface area contributed by atoms with Crippen molar-refractivity contribution in [3.63, 3.8) is 0 Å². The van der Waals surface area contributed by atoms with Crippen molar-refractivity contribution in [2.24, 2.45) is 17.8 Å². The molecule has 6 atom stereocenters. The molecule has 1 aliphatic carbocycles. The number of hydrogen-bond donors (Lipinski definition) is 2. The average Bonchev–Trinajstić information content (AvgIpc) is 3.25. The summed E-state index contributed by atoms with van der Waals surface area (Å²) in [5, 5.41) is 21.3. The second-order valence-electron chi connectivity index (χ2n) is 8.15. The van der Waals surface area contributed by atoms with Crippen LogP contribution in [0.3, 0.4) is 0 Å². The van der Waals surface area contributed by atoms with E-state index in [0.29, 0.717) is 25.0 Å². The first-order valence-corrected chi connectivity index (χ1v) is 10.5. The molecule has 2 unspecified atom stereocenters. The molecule has 4 heteroatoms. The lowest BCUT2D eigenvalue weighted by molar-refractivity contribution is 0.0521. The Morgan fingerprint density at radius 2 is 1.84 bits per heavy atom. The van der Waals surface area contributed by atoms with Gasteiger partial charge in [-0.05, 0) is 57.3 Å². The standard InChI is InChI=1S/C21H36O4/c1-2-24-14-6-9-18(23)21-16(19-12-13-20(21)25-19)10-11-17(22)15-7-4-3-5-8-15/h6,9,15-23H,2-5,7-8,10-14H2,1H3/t16-,17?,18-,19?,20-,21+/m0/s1. The van der Waals surface area contributed by atoms with Gasteiger partial charge in [0, 0.05) is 12.5 Å². The van der Waals surface area contributed by atoms with E-state index < -0.39 is 6.10 Å². The van der Waals surface area contributed by atoms with E-state index >= 15 is 0 Å². The Balaban J connectivity index is 1.52. The molecule has 4 nitrogen and oxygen atoms in total. The number of ether oxygens (including phenoxy) is 2. The third-order valence-electron chi connectivity index (χ3n) is 6.62. The lowest BCUT2D eigenvalue weighted by atomic mass is 9.73. The number of rotatable bonds is 9. The molecule has 144 valence electrons. The van der Waals surface area contributed by atoms with E-state index in [-0.39, 0.29) is 24.2 Å². The Morgan fingerprint density at radius 1 is 1.08 bits per heavy atom. The van der Waals surface area contributed by atoms with E-state index in [1.807, 2.05) is 19.1 Å². The Morgan fingerprint density at radius 3 is 2.60 bits per heavy atom. The maximum atomic E-state index is 10.7. The molecule has 0 aromatic carbocycles. The van der Waals surface area contributed by atoms with Crippen LogP contribution in [-0.2, 0) is 9.47 Å². The summed E-state index contributed by atoms with van der Waals surface area (Å²) in [6, 6.07) is 0. The van der Waals surface area contributed by atoms with Crippen LogP contribution in [0.1, 0.15) is 64.7 Å². The highest BCUT2D eigenvalue weighted by Crippen LogP contribution is 2.47. The van der Waals surface area contributed by atoms with Crippen LogP contribution >= 0.6 is 0 Å². The minimum Gasteiger partial charge on any atom is -0.393 e. The van der Waals surface area contributed by atoms with E-state index in [2.05, 4.69) is 0 Å². The molecule has 2 saturated heterocycles. The number of aliphatic hydroxyl groups is 2. The van der Waals surface area contributed by atoms with Gasteiger partial charge in [0.05, 0.1) is 31.0 Å². The van der Waals surface area contributed by atoms with Crippen LogP contribution in [0.5, 0.6) is 0 Å². The van der Waals surface area contributed by atoms with E-state index in [0.717, 1.165) is 25.7 Å². The fourth-order valence-electron chi connectivity index (χ4n) is 5.29. The van der Waals surface area contributed by atoms with Gasteiger partial charge >= 0.3 is 0 Å². The molecule has 0 radical (unpaired) electrons. The summed E-state index contributed by atoms with van der Waals surface area (Å²) in [4.78, 5) is 0. The van der Waals surface area contributed by atoms with Crippen molar-refractivity contribution in [1.82, 2.24) is 0 Å². The summed E-state index contributed by atoms with van der Waals surface area (Å²) in [5.74, 6) is 1.04. The topological polar surface area (TPSA) is 58.9 Å². The lowest BCUT2D eigenvalue weighted by Gasteiger charge is -2.32. The summed E-state index contributed by atoms with van der Waals surface area (Å²) in [5.41, 5.74) is 0. The van der Waals surface area contributed by atoms with Gasteiger partial charge in [-0.3, -0.25) is 0 Å². The molecule has 3 rings (SSSR count). The minimum absolute atomic E-state index is 0.175. The first-order valence-electron chi connectivity index (χ1n) is 10.5. The molecule has 3 fully saturated rings. The highest BCUT2D eigenvalue weighted by molar-refractivity contribution is 5.04. The van der Waals surface area contributed by atoms with Crippen molar-refractivity contribution in [1.29, 1.82) is 0 Å². The quantitative estimate of drug-likeness (QED) is 0.493. The summed E-state index contributed by atoms with van der Waals surface area (Å²) in [7, 11) is 0. The lowest BCUT2D eigenvalue weighted by Crippen LogP contribution is -2.36. The number of aliphatic hydroxyl groups excluding tert-OH is 2. The van der Waals surface area contributed by atoms with Crippen LogP contribution in [0.25, 0.3) is 0 Å². The number of fused-ring (bicyclic) bond motifs is 2. The molecule has 0 aromatic heterocycles. The zero-order chi connectivity index (χ0) is 17.6.